The highest BCUT2D eigenvalue weighted by molar-refractivity contribution is 5.99. The number of hydrogen-bond donors (Lipinski definition) is 0. The summed E-state index contributed by atoms with van der Waals surface area (Å²) >= 11 is 0. The van der Waals surface area contributed by atoms with Gasteiger partial charge in [0, 0.05) is 40.1 Å². The van der Waals surface area contributed by atoms with Crippen LogP contribution in [-0.4, -0.2) is 10.5 Å². The topological polar surface area (TPSA) is 34.5 Å². The predicted octanol–water partition coefficient (Wildman–Crippen LogP) is 14.9. The predicted molar refractivity (Wildman–Crippen MR) is 242 cm³/mol. The Balaban J connectivity index is 1.55. The van der Waals surface area contributed by atoms with Crippen molar-refractivity contribution in [2.75, 3.05) is 4.90 Å². The largest absolute Gasteiger partial charge is 0.426 e. The third-order valence-electron chi connectivity index (χ3n) is 12.5. The molecule has 0 spiro atoms. The van der Waals surface area contributed by atoms with Gasteiger partial charge in [-0.25, -0.2) is 4.79 Å². The van der Waals surface area contributed by atoms with Gasteiger partial charge in [0.2, 0.25) is 5.72 Å². The summed E-state index contributed by atoms with van der Waals surface area (Å²) in [5.41, 5.74) is 11.2. The Morgan fingerprint density at radius 2 is 1.07 bits per heavy atom. The smallest absolute Gasteiger partial charge is 0.341 e. The number of para-hydroxylation sites is 1. The number of fused-ring (bicyclic) bond motifs is 2. The number of carbonyl (C=O) groups is 1. The van der Waals surface area contributed by atoms with Crippen LogP contribution in [0.5, 0.6) is 0 Å². The van der Waals surface area contributed by atoms with Gasteiger partial charge >= 0.3 is 5.97 Å². The maximum atomic E-state index is 14.4. The second-order valence-corrected chi connectivity index (χ2v) is 16.6. The van der Waals surface area contributed by atoms with Crippen molar-refractivity contribution in [1.82, 2.24) is 4.57 Å². The second kappa shape index (κ2) is 20.4. The van der Waals surface area contributed by atoms with E-state index in [1.165, 1.54) is 112 Å². The molecule has 0 aliphatic carbocycles. The standard InChI is InChI=1S/C53H70N2O2/c1-7-12-14-16-18-20-22-28-43-34-41(9-3)36-45(38-43)55(46-37-42(10-4)35-44(39-46)29-23-21-19-17-15-13-8-2)53(49-32-26-24-30-47(49)52(56)57-53)51-40(6)54(11-5)50-33-27-25-31-48(50)51/h24-27,30-39H,7-23,28-29H2,1-6H3. The first-order valence-corrected chi connectivity index (χ1v) is 22.9. The van der Waals surface area contributed by atoms with E-state index in [1.807, 2.05) is 12.1 Å². The molecule has 4 heteroatoms. The van der Waals surface area contributed by atoms with Crippen LogP contribution in [0.25, 0.3) is 10.9 Å². The number of ether oxygens (including phenoxy) is 1. The molecule has 1 aliphatic rings. The lowest BCUT2D eigenvalue weighted by Gasteiger charge is -2.43. The first-order chi connectivity index (χ1) is 27.9. The molecule has 57 heavy (non-hydrogen) atoms. The summed E-state index contributed by atoms with van der Waals surface area (Å²) in [7, 11) is 0. The molecule has 4 nitrogen and oxygen atoms in total. The quantitative estimate of drug-likeness (QED) is 0.0490. The van der Waals surface area contributed by atoms with Gasteiger partial charge in [0.15, 0.2) is 0 Å². The summed E-state index contributed by atoms with van der Waals surface area (Å²) in [6, 6.07) is 31.2. The van der Waals surface area contributed by atoms with Gasteiger partial charge in [-0.1, -0.05) is 153 Å². The molecule has 1 atom stereocenters. The summed E-state index contributed by atoms with van der Waals surface area (Å²) in [6.45, 7) is 14.4. The van der Waals surface area contributed by atoms with E-state index >= 15 is 0 Å². The number of carbonyl (C=O) groups excluding carboxylic acids is 1. The normalized spacial score (nSPS) is 15.0. The van der Waals surface area contributed by atoms with Gasteiger partial charge in [0.1, 0.15) is 0 Å². The third kappa shape index (κ3) is 9.37. The average molecular weight is 767 g/mol. The zero-order chi connectivity index (χ0) is 40.2. The Hall–Kier alpha value is -4.31. The number of benzene rings is 4. The number of esters is 1. The number of aryl methyl sites for hydroxylation is 5. The molecule has 304 valence electrons. The van der Waals surface area contributed by atoms with E-state index in [0.29, 0.717) is 5.56 Å². The Morgan fingerprint density at radius 3 is 1.61 bits per heavy atom. The highest BCUT2D eigenvalue weighted by atomic mass is 16.6. The Labute approximate surface area is 345 Å². The number of unbranched alkanes of at least 4 members (excludes halogenated alkanes) is 12. The van der Waals surface area contributed by atoms with Gasteiger partial charge in [-0.05, 0) is 111 Å². The van der Waals surface area contributed by atoms with Gasteiger partial charge in [0.25, 0.3) is 0 Å². The van der Waals surface area contributed by atoms with Crippen LogP contribution in [0.4, 0.5) is 11.4 Å². The molecule has 0 amide bonds. The summed E-state index contributed by atoms with van der Waals surface area (Å²) in [4.78, 5) is 16.8. The fourth-order valence-electron chi connectivity index (χ4n) is 9.46. The van der Waals surface area contributed by atoms with E-state index in [1.54, 1.807) is 0 Å². The summed E-state index contributed by atoms with van der Waals surface area (Å²) < 4.78 is 9.51. The second-order valence-electron chi connectivity index (χ2n) is 16.6. The van der Waals surface area contributed by atoms with Crippen LogP contribution >= 0.6 is 0 Å². The van der Waals surface area contributed by atoms with Crippen LogP contribution in [0.3, 0.4) is 0 Å². The van der Waals surface area contributed by atoms with Crippen LogP contribution in [0.15, 0.2) is 84.9 Å². The molecule has 0 bridgehead atoms. The zero-order valence-corrected chi connectivity index (χ0v) is 36.2. The first kappa shape index (κ1) is 42.3. The first-order valence-electron chi connectivity index (χ1n) is 22.9. The summed E-state index contributed by atoms with van der Waals surface area (Å²) in [6.07, 6.45) is 22.0. The lowest BCUT2D eigenvalue weighted by molar-refractivity contribution is 0.0136. The molecule has 0 radical (unpaired) electrons. The summed E-state index contributed by atoms with van der Waals surface area (Å²) in [5, 5.41) is 1.12. The molecule has 0 saturated heterocycles. The number of aromatic nitrogens is 1. The van der Waals surface area contributed by atoms with Crippen molar-refractivity contribution in [3.63, 3.8) is 0 Å². The van der Waals surface area contributed by atoms with Crippen molar-refractivity contribution in [2.45, 2.75) is 169 Å². The zero-order valence-electron chi connectivity index (χ0n) is 36.2. The van der Waals surface area contributed by atoms with E-state index in [-0.39, 0.29) is 5.97 Å². The van der Waals surface area contributed by atoms with E-state index in [4.69, 9.17) is 4.74 Å². The highest BCUT2D eigenvalue weighted by Crippen LogP contribution is 2.53. The summed E-state index contributed by atoms with van der Waals surface area (Å²) in [5.74, 6) is -0.270. The molecule has 0 N–H and O–H groups in total. The van der Waals surface area contributed by atoms with Crippen molar-refractivity contribution in [3.8, 4) is 0 Å². The van der Waals surface area contributed by atoms with Crippen molar-refractivity contribution in [2.24, 2.45) is 0 Å². The van der Waals surface area contributed by atoms with Crippen LogP contribution in [0.1, 0.15) is 174 Å². The minimum absolute atomic E-state index is 0.270. The average Bonchev–Trinajstić information content (AvgIpc) is 3.69. The van der Waals surface area contributed by atoms with E-state index in [9.17, 15) is 4.79 Å². The van der Waals surface area contributed by atoms with Gasteiger partial charge in [-0.15, -0.1) is 0 Å². The van der Waals surface area contributed by atoms with Crippen molar-refractivity contribution in [1.29, 1.82) is 0 Å². The van der Waals surface area contributed by atoms with E-state index < -0.39 is 5.72 Å². The van der Waals surface area contributed by atoms with Crippen molar-refractivity contribution in [3.05, 3.63) is 130 Å². The van der Waals surface area contributed by atoms with Crippen LogP contribution in [-0.2, 0) is 42.7 Å². The van der Waals surface area contributed by atoms with Crippen LogP contribution in [0, 0.1) is 6.92 Å². The van der Waals surface area contributed by atoms with Crippen LogP contribution < -0.4 is 4.90 Å². The van der Waals surface area contributed by atoms with E-state index in [2.05, 4.69) is 124 Å². The lowest BCUT2D eigenvalue weighted by atomic mass is 9.87. The van der Waals surface area contributed by atoms with Crippen molar-refractivity contribution >= 4 is 28.2 Å². The fraction of sp³-hybridized carbons (Fsp3) is 0.491. The third-order valence-corrected chi connectivity index (χ3v) is 12.5. The molecule has 2 heterocycles. The Kier molecular flexibility index (Phi) is 15.1. The maximum absolute atomic E-state index is 14.4. The number of cyclic esters (lactones) is 1. The van der Waals surface area contributed by atoms with Gasteiger partial charge in [-0.3, -0.25) is 4.90 Å². The lowest BCUT2D eigenvalue weighted by Crippen LogP contribution is -2.45. The van der Waals surface area contributed by atoms with Gasteiger partial charge in [0.05, 0.1) is 11.1 Å². The van der Waals surface area contributed by atoms with Gasteiger partial charge < -0.3 is 9.30 Å². The van der Waals surface area contributed by atoms with Crippen LogP contribution in [0.2, 0.25) is 0 Å². The molecule has 6 rings (SSSR count). The fourth-order valence-corrected chi connectivity index (χ4v) is 9.46. The Morgan fingerprint density at radius 1 is 0.579 bits per heavy atom. The monoisotopic (exact) mass is 767 g/mol. The number of anilines is 2. The van der Waals surface area contributed by atoms with Gasteiger partial charge in [-0.2, -0.15) is 0 Å². The molecular formula is C53H70N2O2. The SMILES string of the molecule is CCCCCCCCCc1cc(CC)cc(N(c2cc(CC)cc(CCCCCCCCC)c2)C2(c3c(C)n(CC)c4ccccc34)OC(=O)c3ccccc32)c1. The molecule has 4 aromatic carbocycles. The Bertz CT molecular complexity index is 2000. The van der Waals surface area contributed by atoms with E-state index in [0.717, 1.165) is 71.3 Å². The minimum atomic E-state index is -1.23. The number of nitrogens with zero attached hydrogens (tertiary/aromatic N) is 2. The molecular weight excluding hydrogens is 697 g/mol. The number of hydrogen-bond acceptors (Lipinski definition) is 3. The molecule has 5 aromatic rings. The maximum Gasteiger partial charge on any atom is 0.341 e. The molecule has 0 fully saturated rings. The molecule has 1 unspecified atom stereocenters. The molecule has 1 aliphatic heterocycles. The molecule has 1 aromatic heterocycles. The molecule has 0 saturated carbocycles. The number of rotatable bonds is 23. The minimum Gasteiger partial charge on any atom is -0.426 e. The van der Waals surface area contributed by atoms with Crippen molar-refractivity contribution < 1.29 is 9.53 Å². The highest BCUT2D eigenvalue weighted by Gasteiger charge is 2.55.